The molecule has 8 heteroatoms. The lowest BCUT2D eigenvalue weighted by Gasteiger charge is -2.02. The Morgan fingerprint density at radius 1 is 1.58 bits per heavy atom. The Hall–Kier alpha value is -2.09. The first-order chi connectivity index (χ1) is 9.15. The minimum Gasteiger partial charge on any atom is -0.395 e. The summed E-state index contributed by atoms with van der Waals surface area (Å²) < 4.78 is 0. The van der Waals surface area contributed by atoms with Crippen LogP contribution in [0.25, 0.3) is 0 Å². The minimum absolute atomic E-state index is 0.139. The number of nitrogens with zero attached hydrogens (tertiary/aromatic N) is 1. The Morgan fingerprint density at radius 2 is 2.37 bits per heavy atom. The van der Waals surface area contributed by atoms with E-state index in [1.54, 1.807) is 5.38 Å². The van der Waals surface area contributed by atoms with Gasteiger partial charge in [0, 0.05) is 17.0 Å². The molecule has 7 nitrogen and oxygen atoms in total. The zero-order valence-corrected chi connectivity index (χ0v) is 10.8. The topological polar surface area (TPSA) is 117 Å². The van der Waals surface area contributed by atoms with Crippen LogP contribution in [0.4, 0.5) is 5.69 Å². The van der Waals surface area contributed by atoms with Gasteiger partial charge in [-0.3, -0.25) is 14.7 Å². The quantitative estimate of drug-likeness (QED) is 0.653. The van der Waals surface area contributed by atoms with Gasteiger partial charge in [-0.1, -0.05) is 11.3 Å². The highest BCUT2D eigenvalue weighted by atomic mass is 32.1. The van der Waals surface area contributed by atoms with Gasteiger partial charge in [0.2, 0.25) is 0 Å². The third-order valence-electron chi connectivity index (χ3n) is 3.04. The molecule has 2 aromatic rings. The van der Waals surface area contributed by atoms with Crippen LogP contribution in [-0.2, 0) is 6.54 Å². The van der Waals surface area contributed by atoms with Gasteiger partial charge in [-0.15, -0.1) is 0 Å². The molecule has 1 amide bonds. The van der Waals surface area contributed by atoms with Crippen molar-refractivity contribution in [3.63, 3.8) is 0 Å². The maximum absolute atomic E-state index is 11.9. The van der Waals surface area contributed by atoms with Crippen molar-refractivity contribution in [2.24, 2.45) is 0 Å². The van der Waals surface area contributed by atoms with Gasteiger partial charge in [0.1, 0.15) is 0 Å². The summed E-state index contributed by atoms with van der Waals surface area (Å²) >= 11 is 1.06. The molecule has 0 spiro atoms. The second-order valence-electron chi connectivity index (χ2n) is 4.53. The van der Waals surface area contributed by atoms with Crippen molar-refractivity contribution in [1.82, 2.24) is 20.5 Å². The molecule has 0 saturated heterocycles. The summed E-state index contributed by atoms with van der Waals surface area (Å²) in [4.78, 5) is 25.4. The zero-order chi connectivity index (χ0) is 13.4. The van der Waals surface area contributed by atoms with E-state index < -0.39 is 0 Å². The van der Waals surface area contributed by atoms with Crippen molar-refractivity contribution in [2.75, 3.05) is 5.73 Å². The van der Waals surface area contributed by atoms with E-state index in [0.717, 1.165) is 29.9 Å². The van der Waals surface area contributed by atoms with Gasteiger partial charge in [-0.25, -0.2) is 0 Å². The number of thiazole rings is 1. The van der Waals surface area contributed by atoms with Crippen LogP contribution < -0.4 is 15.9 Å². The zero-order valence-electron chi connectivity index (χ0n) is 10.0. The fourth-order valence-electron chi connectivity index (χ4n) is 1.88. The number of nitrogen functional groups attached to an aromatic ring is 1. The SMILES string of the molecule is Nc1c(C(=O)NCc2csc(=O)[nH]2)n[nH]c1C1CC1. The van der Waals surface area contributed by atoms with E-state index in [2.05, 4.69) is 20.5 Å². The number of hydrogen-bond acceptors (Lipinski definition) is 5. The summed E-state index contributed by atoms with van der Waals surface area (Å²) in [7, 11) is 0. The molecule has 2 aromatic heterocycles. The maximum Gasteiger partial charge on any atom is 0.304 e. The van der Waals surface area contributed by atoms with Crippen molar-refractivity contribution < 1.29 is 4.79 Å². The minimum atomic E-state index is -0.340. The lowest BCUT2D eigenvalue weighted by molar-refractivity contribution is 0.0946. The van der Waals surface area contributed by atoms with Gasteiger partial charge in [0.25, 0.3) is 5.91 Å². The van der Waals surface area contributed by atoms with Gasteiger partial charge in [0.05, 0.1) is 17.9 Å². The summed E-state index contributed by atoms with van der Waals surface area (Å²) in [6.07, 6.45) is 2.17. The number of carbonyl (C=O) groups excluding carboxylic acids is 1. The summed E-state index contributed by atoms with van der Waals surface area (Å²) in [5.41, 5.74) is 8.08. The van der Waals surface area contributed by atoms with Crippen LogP contribution in [0.5, 0.6) is 0 Å². The largest absolute Gasteiger partial charge is 0.395 e. The van der Waals surface area contributed by atoms with Gasteiger partial charge in [-0.05, 0) is 12.8 Å². The molecular formula is C11H13N5O2S. The molecule has 3 rings (SSSR count). The highest BCUT2D eigenvalue weighted by Gasteiger charge is 2.30. The van der Waals surface area contributed by atoms with Gasteiger partial charge in [0.15, 0.2) is 5.69 Å². The first-order valence-electron chi connectivity index (χ1n) is 5.93. The van der Waals surface area contributed by atoms with Crippen LogP contribution in [0.15, 0.2) is 10.2 Å². The van der Waals surface area contributed by atoms with Crippen molar-refractivity contribution in [2.45, 2.75) is 25.3 Å². The number of H-pyrrole nitrogens is 2. The van der Waals surface area contributed by atoms with Crippen molar-refractivity contribution in [1.29, 1.82) is 0 Å². The Labute approximate surface area is 112 Å². The third kappa shape index (κ3) is 2.39. The second-order valence-corrected chi connectivity index (χ2v) is 5.37. The van der Waals surface area contributed by atoms with Crippen molar-refractivity contribution >= 4 is 22.9 Å². The Balaban J connectivity index is 1.68. The molecule has 1 aliphatic rings. The molecule has 0 aliphatic heterocycles. The first kappa shape index (κ1) is 12.0. The summed E-state index contributed by atoms with van der Waals surface area (Å²) in [5, 5.41) is 11.1. The fraction of sp³-hybridized carbons (Fsp3) is 0.364. The first-order valence-corrected chi connectivity index (χ1v) is 6.81. The van der Waals surface area contributed by atoms with E-state index in [0.29, 0.717) is 17.3 Å². The van der Waals surface area contributed by atoms with Gasteiger partial charge in [-0.2, -0.15) is 5.10 Å². The molecule has 1 saturated carbocycles. The molecular weight excluding hydrogens is 266 g/mol. The number of nitrogens with one attached hydrogen (secondary N) is 3. The number of carbonyl (C=O) groups is 1. The molecule has 0 radical (unpaired) electrons. The van der Waals surface area contributed by atoms with Crippen LogP contribution in [0.1, 0.15) is 40.6 Å². The van der Waals surface area contributed by atoms with Crippen molar-refractivity contribution in [3.05, 3.63) is 32.1 Å². The molecule has 0 bridgehead atoms. The number of aromatic nitrogens is 3. The van der Waals surface area contributed by atoms with Crippen molar-refractivity contribution in [3.8, 4) is 0 Å². The molecule has 2 heterocycles. The Kier molecular flexibility index (Phi) is 2.86. The molecule has 1 fully saturated rings. The molecule has 1 aliphatic carbocycles. The average molecular weight is 279 g/mol. The molecule has 5 N–H and O–H groups in total. The predicted molar refractivity (Wildman–Crippen MR) is 71.1 cm³/mol. The second kappa shape index (κ2) is 4.54. The normalized spacial score (nSPS) is 14.5. The van der Waals surface area contributed by atoms with E-state index in [-0.39, 0.29) is 23.0 Å². The number of nitrogens with two attached hydrogens (primary N) is 1. The number of aromatic amines is 2. The predicted octanol–water partition coefficient (Wildman–Crippen LogP) is 0.549. The van der Waals surface area contributed by atoms with E-state index in [9.17, 15) is 9.59 Å². The summed E-state index contributed by atoms with van der Waals surface area (Å²) in [6, 6.07) is 0. The fourth-order valence-corrected chi connectivity index (χ4v) is 2.46. The van der Waals surface area contributed by atoms with E-state index >= 15 is 0 Å². The number of hydrogen-bond donors (Lipinski definition) is 4. The molecule has 100 valence electrons. The molecule has 0 aromatic carbocycles. The van der Waals surface area contributed by atoms with E-state index in [1.807, 2.05) is 0 Å². The number of anilines is 1. The molecule has 0 atom stereocenters. The van der Waals surface area contributed by atoms with Crippen LogP contribution in [0, 0.1) is 0 Å². The van der Waals surface area contributed by atoms with Gasteiger partial charge < -0.3 is 16.0 Å². The summed E-state index contributed by atoms with van der Waals surface area (Å²) in [5.74, 6) is 0.0787. The number of rotatable bonds is 4. The molecule has 0 unspecified atom stereocenters. The lowest BCUT2D eigenvalue weighted by Crippen LogP contribution is -2.24. The maximum atomic E-state index is 11.9. The average Bonchev–Trinajstić information content (AvgIpc) is 3.03. The lowest BCUT2D eigenvalue weighted by atomic mass is 10.2. The molecule has 19 heavy (non-hydrogen) atoms. The highest BCUT2D eigenvalue weighted by molar-refractivity contribution is 7.07. The highest BCUT2D eigenvalue weighted by Crippen LogP contribution is 2.42. The Bertz CT molecular complexity index is 667. The monoisotopic (exact) mass is 279 g/mol. The summed E-state index contributed by atoms with van der Waals surface area (Å²) in [6.45, 7) is 0.253. The Morgan fingerprint density at radius 3 is 3.00 bits per heavy atom. The number of amides is 1. The van der Waals surface area contributed by atoms with Crippen LogP contribution >= 0.6 is 11.3 Å². The van der Waals surface area contributed by atoms with Crippen LogP contribution in [0.2, 0.25) is 0 Å². The standard InChI is InChI=1S/C11H13N5O2S/c12-7-8(5-1-2-5)15-16-9(7)10(17)13-3-6-4-19-11(18)14-6/h4-5H,1-3,12H2,(H,13,17)(H,14,18)(H,15,16). The van der Waals surface area contributed by atoms with Crippen LogP contribution in [0.3, 0.4) is 0 Å². The van der Waals surface area contributed by atoms with Crippen LogP contribution in [-0.4, -0.2) is 21.1 Å². The smallest absolute Gasteiger partial charge is 0.304 e. The van der Waals surface area contributed by atoms with E-state index in [1.165, 1.54) is 0 Å². The third-order valence-corrected chi connectivity index (χ3v) is 3.76. The van der Waals surface area contributed by atoms with Gasteiger partial charge >= 0.3 is 4.87 Å². The van der Waals surface area contributed by atoms with E-state index in [4.69, 9.17) is 5.73 Å².